The lowest BCUT2D eigenvalue weighted by atomic mass is 10.3. The molecule has 2 atom stereocenters. The summed E-state index contributed by atoms with van der Waals surface area (Å²) in [5.41, 5.74) is 1.25. The summed E-state index contributed by atoms with van der Waals surface area (Å²) in [7, 11) is 1.91. The molecule has 1 aromatic rings. The molecule has 1 fully saturated rings. The van der Waals surface area contributed by atoms with Crippen LogP contribution in [0.1, 0.15) is 17.9 Å². The van der Waals surface area contributed by atoms with Crippen molar-refractivity contribution in [3.63, 3.8) is 0 Å². The van der Waals surface area contributed by atoms with E-state index >= 15 is 0 Å². The van der Waals surface area contributed by atoms with Gasteiger partial charge in [-0.3, -0.25) is 4.79 Å². The molecule has 5 heteroatoms. The number of nitrogens with zero attached hydrogens (tertiary/aromatic N) is 1. The molecule has 2 rings (SSSR count). The largest absolute Gasteiger partial charge is 0.324 e. The van der Waals surface area contributed by atoms with Crippen molar-refractivity contribution < 1.29 is 4.79 Å². The minimum absolute atomic E-state index is 0.0850. The first-order chi connectivity index (χ1) is 7.74. The molecule has 0 unspecified atom stereocenters. The van der Waals surface area contributed by atoms with Gasteiger partial charge in [0.15, 0.2) is 0 Å². The van der Waals surface area contributed by atoms with E-state index < -0.39 is 0 Å². The molecule has 1 amide bonds. The number of amides is 1. The van der Waals surface area contributed by atoms with Gasteiger partial charge in [0.1, 0.15) is 5.37 Å². The van der Waals surface area contributed by atoms with Crippen molar-refractivity contribution in [1.29, 1.82) is 0 Å². The van der Waals surface area contributed by atoms with Crippen LogP contribution < -0.4 is 5.32 Å². The Balaban J connectivity index is 2.13. The van der Waals surface area contributed by atoms with Crippen LogP contribution in [0.25, 0.3) is 0 Å². The van der Waals surface area contributed by atoms with Gasteiger partial charge in [0.05, 0.1) is 5.25 Å². The average Bonchev–Trinajstić information content (AvgIpc) is 2.87. The van der Waals surface area contributed by atoms with Crippen LogP contribution in [0.2, 0.25) is 0 Å². The van der Waals surface area contributed by atoms with E-state index in [4.69, 9.17) is 0 Å². The third kappa shape index (κ3) is 2.26. The number of nitrogens with one attached hydrogen (secondary N) is 1. The van der Waals surface area contributed by atoms with E-state index in [-0.39, 0.29) is 16.5 Å². The highest BCUT2D eigenvalue weighted by atomic mass is 32.2. The predicted molar refractivity (Wildman–Crippen MR) is 69.8 cm³/mol. The highest BCUT2D eigenvalue weighted by molar-refractivity contribution is 8.01. The van der Waals surface area contributed by atoms with Crippen LogP contribution in [0.5, 0.6) is 0 Å². The van der Waals surface area contributed by atoms with Gasteiger partial charge in [0.25, 0.3) is 0 Å². The number of rotatable bonds is 4. The summed E-state index contributed by atoms with van der Waals surface area (Å²) in [6, 6.07) is 2.11. The van der Waals surface area contributed by atoms with E-state index in [1.54, 1.807) is 23.1 Å². The summed E-state index contributed by atoms with van der Waals surface area (Å²) in [6.45, 7) is 3.62. The van der Waals surface area contributed by atoms with Crippen molar-refractivity contribution in [1.82, 2.24) is 10.2 Å². The third-order valence-electron chi connectivity index (χ3n) is 2.68. The Labute approximate surface area is 104 Å². The topological polar surface area (TPSA) is 32.3 Å². The summed E-state index contributed by atoms with van der Waals surface area (Å²) in [5.74, 6) is 0.261. The first-order valence-corrected chi connectivity index (χ1v) is 7.25. The number of carbonyl (C=O) groups is 1. The molecule has 0 radical (unpaired) electrons. The molecule has 0 bridgehead atoms. The molecule has 16 heavy (non-hydrogen) atoms. The Morgan fingerprint density at radius 2 is 2.38 bits per heavy atom. The molecule has 1 aliphatic heterocycles. The van der Waals surface area contributed by atoms with Crippen LogP contribution in [0.3, 0.4) is 0 Å². The first kappa shape index (κ1) is 12.0. The quantitative estimate of drug-likeness (QED) is 0.893. The highest BCUT2D eigenvalue weighted by Gasteiger charge is 2.37. The van der Waals surface area contributed by atoms with Gasteiger partial charge in [-0.25, -0.2) is 0 Å². The second-order valence-electron chi connectivity index (χ2n) is 3.82. The monoisotopic (exact) mass is 256 g/mol. The number of hydrogen-bond acceptors (Lipinski definition) is 4. The first-order valence-electron chi connectivity index (χ1n) is 5.36. The Kier molecular flexibility index (Phi) is 3.89. The van der Waals surface area contributed by atoms with Crippen LogP contribution in [0.4, 0.5) is 0 Å². The van der Waals surface area contributed by atoms with Crippen molar-refractivity contribution in [3.8, 4) is 0 Å². The highest BCUT2D eigenvalue weighted by Crippen LogP contribution is 2.43. The molecule has 88 valence electrons. The Hall–Kier alpha value is -0.520. The maximum Gasteiger partial charge on any atom is 0.236 e. The zero-order valence-corrected chi connectivity index (χ0v) is 11.1. The standard InChI is InChI=1S/C11H16N2OS2/c1-8-10(14)13(5-4-12-2)11(16-8)9-3-6-15-7-9/h3,6-8,11-12H,4-5H2,1-2H3/t8-,11+/m0/s1. The molecule has 1 aromatic heterocycles. The van der Waals surface area contributed by atoms with Crippen molar-refractivity contribution in [2.45, 2.75) is 17.5 Å². The molecule has 0 aliphatic carbocycles. The molecule has 0 saturated carbocycles. The van der Waals surface area contributed by atoms with Gasteiger partial charge in [-0.15, -0.1) is 11.8 Å². The maximum absolute atomic E-state index is 12.0. The van der Waals surface area contributed by atoms with Gasteiger partial charge in [-0.05, 0) is 36.4 Å². The Bertz CT molecular complexity index is 353. The fourth-order valence-corrected chi connectivity index (χ4v) is 3.87. The zero-order valence-electron chi connectivity index (χ0n) is 9.47. The molecule has 1 aliphatic rings. The zero-order chi connectivity index (χ0) is 11.5. The summed E-state index contributed by atoms with van der Waals surface area (Å²) < 4.78 is 0. The summed E-state index contributed by atoms with van der Waals surface area (Å²) in [6.07, 6.45) is 0. The molecule has 3 nitrogen and oxygen atoms in total. The Morgan fingerprint density at radius 3 is 3.00 bits per heavy atom. The third-order valence-corrected chi connectivity index (χ3v) is 4.77. The fourth-order valence-electron chi connectivity index (χ4n) is 1.81. The Morgan fingerprint density at radius 1 is 1.56 bits per heavy atom. The number of hydrogen-bond donors (Lipinski definition) is 1. The predicted octanol–water partition coefficient (Wildman–Crippen LogP) is 1.93. The fraction of sp³-hybridized carbons (Fsp3) is 0.545. The van der Waals surface area contributed by atoms with E-state index in [2.05, 4.69) is 22.1 Å². The maximum atomic E-state index is 12.0. The molecule has 0 aromatic carbocycles. The van der Waals surface area contributed by atoms with Crippen molar-refractivity contribution in [3.05, 3.63) is 22.4 Å². The van der Waals surface area contributed by atoms with Crippen molar-refractivity contribution >= 4 is 29.0 Å². The summed E-state index contributed by atoms with van der Waals surface area (Å²) >= 11 is 3.43. The SMILES string of the molecule is CNCCN1C(=O)[C@H](C)S[C@@H]1c1ccsc1. The second-order valence-corrected chi connectivity index (χ2v) is 6.03. The smallest absolute Gasteiger partial charge is 0.236 e. The van der Waals surface area contributed by atoms with Gasteiger partial charge in [0.2, 0.25) is 5.91 Å². The minimum atomic E-state index is 0.0850. The molecule has 1 N–H and O–H groups in total. The van der Waals surface area contributed by atoms with Gasteiger partial charge in [-0.2, -0.15) is 11.3 Å². The lowest BCUT2D eigenvalue weighted by Crippen LogP contribution is -2.35. The molecule has 1 saturated heterocycles. The van der Waals surface area contributed by atoms with E-state index in [0.717, 1.165) is 13.1 Å². The van der Waals surface area contributed by atoms with Gasteiger partial charge in [-0.1, -0.05) is 0 Å². The lowest BCUT2D eigenvalue weighted by Gasteiger charge is -2.23. The lowest BCUT2D eigenvalue weighted by molar-refractivity contribution is -0.129. The number of thioether (sulfide) groups is 1. The van der Waals surface area contributed by atoms with Crippen molar-refractivity contribution in [2.24, 2.45) is 0 Å². The molecule has 2 heterocycles. The van der Waals surface area contributed by atoms with E-state index in [0.29, 0.717) is 0 Å². The molecule has 0 spiro atoms. The average molecular weight is 256 g/mol. The van der Waals surface area contributed by atoms with Crippen molar-refractivity contribution in [2.75, 3.05) is 20.1 Å². The number of carbonyl (C=O) groups excluding carboxylic acids is 1. The van der Waals surface area contributed by atoms with E-state index in [1.807, 2.05) is 18.9 Å². The minimum Gasteiger partial charge on any atom is -0.324 e. The molecular weight excluding hydrogens is 240 g/mol. The number of likely N-dealkylation sites (N-methyl/N-ethyl adjacent to an activating group) is 1. The van der Waals surface area contributed by atoms with Crippen LogP contribution in [-0.2, 0) is 4.79 Å². The van der Waals surface area contributed by atoms with Crippen LogP contribution >= 0.6 is 23.1 Å². The van der Waals surface area contributed by atoms with E-state index in [1.165, 1.54) is 5.56 Å². The number of thiophene rings is 1. The van der Waals surface area contributed by atoms with Crippen LogP contribution in [0.15, 0.2) is 16.8 Å². The molecular formula is C11H16N2OS2. The summed E-state index contributed by atoms with van der Waals surface area (Å²) in [4.78, 5) is 14.0. The summed E-state index contributed by atoms with van der Waals surface area (Å²) in [5, 5.41) is 7.59. The van der Waals surface area contributed by atoms with Crippen LogP contribution in [-0.4, -0.2) is 36.2 Å². The van der Waals surface area contributed by atoms with Gasteiger partial charge in [0, 0.05) is 13.1 Å². The van der Waals surface area contributed by atoms with Crippen LogP contribution in [0, 0.1) is 0 Å². The normalized spacial score (nSPS) is 25.4. The van der Waals surface area contributed by atoms with Gasteiger partial charge >= 0.3 is 0 Å². The van der Waals surface area contributed by atoms with Gasteiger partial charge < -0.3 is 10.2 Å². The van der Waals surface area contributed by atoms with E-state index in [9.17, 15) is 4.79 Å². The second kappa shape index (κ2) is 5.21.